The van der Waals surface area contributed by atoms with Gasteiger partial charge < -0.3 is 9.88 Å². The van der Waals surface area contributed by atoms with Crippen LogP contribution < -0.4 is 4.90 Å². The molecular weight excluding hydrogens is 292 g/mol. The van der Waals surface area contributed by atoms with Gasteiger partial charge in [0, 0.05) is 26.0 Å². The number of hydrogen-bond donors (Lipinski definition) is 1. The highest BCUT2D eigenvalue weighted by Crippen LogP contribution is 2.23. The fourth-order valence-corrected chi connectivity index (χ4v) is 2.58. The number of H-pyrrole nitrogens is 1. The molecule has 1 aromatic carbocycles. The van der Waals surface area contributed by atoms with Gasteiger partial charge in [-0.25, -0.2) is 4.98 Å². The van der Waals surface area contributed by atoms with Crippen molar-refractivity contribution < 1.29 is 0 Å². The number of rotatable bonds is 2. The number of pyridine rings is 1. The second-order valence-corrected chi connectivity index (χ2v) is 5.53. The van der Waals surface area contributed by atoms with Gasteiger partial charge in [-0.05, 0) is 36.5 Å². The van der Waals surface area contributed by atoms with E-state index in [4.69, 9.17) is 23.8 Å². The van der Waals surface area contributed by atoms with Crippen LogP contribution in [0.5, 0.6) is 0 Å². The van der Waals surface area contributed by atoms with Crippen LogP contribution in [0.15, 0.2) is 36.5 Å². The molecule has 0 aliphatic heterocycles. The first-order chi connectivity index (χ1) is 9.56. The summed E-state index contributed by atoms with van der Waals surface area (Å²) in [5, 5.41) is 0.586. The van der Waals surface area contributed by atoms with E-state index in [1.165, 1.54) is 0 Å². The molecule has 20 heavy (non-hydrogen) atoms. The van der Waals surface area contributed by atoms with E-state index in [1.54, 1.807) is 6.20 Å². The van der Waals surface area contributed by atoms with Crippen LogP contribution in [0.1, 0.15) is 0 Å². The fraction of sp³-hybridized carbons (Fsp3) is 0.143. The van der Waals surface area contributed by atoms with E-state index in [0.29, 0.717) is 9.79 Å². The number of nitrogens with zero attached hydrogens (tertiary/aromatic N) is 3. The Kier molecular flexibility index (Phi) is 3.23. The molecule has 1 N–H and O–H groups in total. The normalized spacial score (nSPS) is 10.9. The quantitative estimate of drug-likeness (QED) is 0.732. The minimum atomic E-state index is 0.586. The largest absolute Gasteiger partial charge is 0.378 e. The predicted molar refractivity (Wildman–Crippen MR) is 85.6 cm³/mol. The number of imidazole rings is 1. The number of fused-ring (bicyclic) bond motifs is 1. The van der Waals surface area contributed by atoms with E-state index < -0.39 is 0 Å². The molecule has 3 rings (SSSR count). The summed E-state index contributed by atoms with van der Waals surface area (Å²) in [6, 6.07) is 9.95. The number of aromatic nitrogens is 3. The highest BCUT2D eigenvalue weighted by molar-refractivity contribution is 7.71. The highest BCUT2D eigenvalue weighted by atomic mass is 35.5. The lowest BCUT2D eigenvalue weighted by Crippen LogP contribution is -2.09. The predicted octanol–water partition coefficient (Wildman–Crippen LogP) is 3.80. The van der Waals surface area contributed by atoms with Gasteiger partial charge in [-0.2, -0.15) is 0 Å². The second-order valence-electron chi connectivity index (χ2n) is 4.70. The third kappa shape index (κ3) is 2.19. The number of benzene rings is 1. The molecule has 4 nitrogen and oxygen atoms in total. The Bertz CT molecular complexity index is 835. The average Bonchev–Trinajstić information content (AvgIpc) is 2.73. The van der Waals surface area contributed by atoms with Crippen LogP contribution >= 0.6 is 23.8 Å². The Labute approximate surface area is 126 Å². The molecule has 2 heterocycles. The van der Waals surface area contributed by atoms with Crippen molar-refractivity contribution in [1.29, 1.82) is 0 Å². The lowest BCUT2D eigenvalue weighted by atomic mass is 10.2. The van der Waals surface area contributed by atoms with Crippen molar-refractivity contribution in [2.75, 3.05) is 19.0 Å². The molecule has 0 aliphatic rings. The summed E-state index contributed by atoms with van der Waals surface area (Å²) in [5.74, 6) is 0. The number of nitrogens with one attached hydrogen (secondary N) is 1. The van der Waals surface area contributed by atoms with E-state index in [0.717, 1.165) is 22.5 Å². The van der Waals surface area contributed by atoms with Crippen molar-refractivity contribution in [3.05, 3.63) is 46.3 Å². The van der Waals surface area contributed by atoms with Gasteiger partial charge in [0.1, 0.15) is 0 Å². The first-order valence-electron chi connectivity index (χ1n) is 6.10. The minimum Gasteiger partial charge on any atom is -0.378 e. The molecule has 6 heteroatoms. The van der Waals surface area contributed by atoms with Crippen molar-refractivity contribution in [2.45, 2.75) is 0 Å². The molecule has 0 saturated carbocycles. The summed E-state index contributed by atoms with van der Waals surface area (Å²) in [6.07, 6.45) is 1.62. The molecule has 0 aliphatic carbocycles. The van der Waals surface area contributed by atoms with Crippen LogP contribution in [0.25, 0.3) is 16.9 Å². The van der Waals surface area contributed by atoms with E-state index >= 15 is 0 Å². The molecule has 0 atom stereocenters. The first kappa shape index (κ1) is 13.1. The average molecular weight is 305 g/mol. The number of hydrogen-bond acceptors (Lipinski definition) is 3. The van der Waals surface area contributed by atoms with Crippen molar-refractivity contribution in [3.63, 3.8) is 0 Å². The van der Waals surface area contributed by atoms with Crippen molar-refractivity contribution in [1.82, 2.24) is 14.5 Å². The Morgan fingerprint density at radius 3 is 2.85 bits per heavy atom. The Balaban J connectivity index is 2.26. The maximum absolute atomic E-state index is 5.96. The van der Waals surface area contributed by atoms with E-state index in [9.17, 15) is 0 Å². The second kappa shape index (κ2) is 4.92. The molecular formula is C14H13ClN4S. The highest BCUT2D eigenvalue weighted by Gasteiger charge is 2.09. The van der Waals surface area contributed by atoms with Crippen LogP contribution in [0.4, 0.5) is 5.69 Å². The Morgan fingerprint density at radius 1 is 1.30 bits per heavy atom. The molecule has 0 fully saturated rings. The van der Waals surface area contributed by atoms with Crippen LogP contribution in [0.2, 0.25) is 5.02 Å². The smallest absolute Gasteiger partial charge is 0.183 e. The van der Waals surface area contributed by atoms with Crippen LogP contribution in [0, 0.1) is 4.77 Å². The summed E-state index contributed by atoms with van der Waals surface area (Å²) in [4.78, 5) is 9.55. The third-order valence-corrected chi connectivity index (χ3v) is 3.59. The SMILES string of the molecule is CN(C)c1cccc(-n2c(=S)[nH]c3cc(Cl)cnc32)c1. The van der Waals surface area contributed by atoms with Gasteiger partial charge in [-0.1, -0.05) is 17.7 Å². The molecule has 0 amide bonds. The molecule has 0 bridgehead atoms. The number of anilines is 1. The first-order valence-corrected chi connectivity index (χ1v) is 6.89. The fourth-order valence-electron chi connectivity index (χ4n) is 2.12. The van der Waals surface area contributed by atoms with Crippen LogP contribution in [-0.4, -0.2) is 28.6 Å². The van der Waals surface area contributed by atoms with Gasteiger partial charge in [-0.3, -0.25) is 4.57 Å². The molecule has 102 valence electrons. The topological polar surface area (TPSA) is 36.9 Å². The van der Waals surface area contributed by atoms with Crippen molar-refractivity contribution in [3.8, 4) is 5.69 Å². The Morgan fingerprint density at radius 2 is 2.10 bits per heavy atom. The van der Waals surface area contributed by atoms with Gasteiger partial charge in [0.15, 0.2) is 10.4 Å². The summed E-state index contributed by atoms with van der Waals surface area (Å²) in [5.41, 5.74) is 3.68. The number of halogens is 1. The molecule has 3 aromatic rings. The molecule has 0 spiro atoms. The zero-order valence-electron chi connectivity index (χ0n) is 11.1. The maximum Gasteiger partial charge on any atom is 0.183 e. The summed E-state index contributed by atoms with van der Waals surface area (Å²) < 4.78 is 2.51. The lowest BCUT2D eigenvalue weighted by Gasteiger charge is -2.14. The van der Waals surface area contributed by atoms with Gasteiger partial charge in [-0.15, -0.1) is 0 Å². The molecule has 0 saturated heterocycles. The third-order valence-electron chi connectivity index (χ3n) is 3.09. The van der Waals surface area contributed by atoms with Gasteiger partial charge in [0.05, 0.1) is 16.2 Å². The van der Waals surface area contributed by atoms with Gasteiger partial charge in [0.25, 0.3) is 0 Å². The van der Waals surface area contributed by atoms with Crippen LogP contribution in [-0.2, 0) is 0 Å². The van der Waals surface area contributed by atoms with E-state index in [1.807, 2.05) is 47.8 Å². The summed E-state index contributed by atoms with van der Waals surface area (Å²) in [7, 11) is 4.01. The van der Waals surface area contributed by atoms with E-state index in [-0.39, 0.29) is 0 Å². The van der Waals surface area contributed by atoms with Crippen molar-refractivity contribution >= 4 is 40.7 Å². The minimum absolute atomic E-state index is 0.586. The zero-order valence-corrected chi connectivity index (χ0v) is 12.7. The van der Waals surface area contributed by atoms with E-state index in [2.05, 4.69) is 16.0 Å². The molecule has 0 radical (unpaired) electrons. The lowest BCUT2D eigenvalue weighted by molar-refractivity contribution is 1.04. The molecule has 2 aromatic heterocycles. The Hall–Kier alpha value is -1.85. The van der Waals surface area contributed by atoms with Gasteiger partial charge in [0.2, 0.25) is 0 Å². The van der Waals surface area contributed by atoms with Crippen LogP contribution in [0.3, 0.4) is 0 Å². The van der Waals surface area contributed by atoms with Crippen molar-refractivity contribution in [2.24, 2.45) is 0 Å². The maximum atomic E-state index is 5.96. The summed E-state index contributed by atoms with van der Waals surface area (Å²) >= 11 is 11.4. The standard InChI is InChI=1S/C14H13ClN4S/c1-18(2)10-4-3-5-11(7-10)19-13-12(17-14(19)20)6-9(15)8-16-13/h3-8H,1-2H3,(H,17,20). The zero-order chi connectivity index (χ0) is 14.3. The monoisotopic (exact) mass is 304 g/mol. The van der Waals surface area contributed by atoms with Gasteiger partial charge >= 0.3 is 0 Å². The number of aromatic amines is 1. The molecule has 0 unspecified atom stereocenters. The summed E-state index contributed by atoms with van der Waals surface area (Å²) in [6.45, 7) is 0.